The number of benzene rings is 1. The number of halogens is 1. The number of nitrogens with one attached hydrogen (secondary N) is 2. The lowest BCUT2D eigenvalue weighted by Gasteiger charge is -2.36. The Bertz CT molecular complexity index is 484. The quantitative estimate of drug-likeness (QED) is 0.836. The molecule has 5 heteroatoms. The monoisotopic (exact) mass is 340 g/mol. The smallest absolute Gasteiger partial charge is 0.230 e. The lowest BCUT2D eigenvalue weighted by atomic mass is 9.68. The normalized spacial score (nSPS) is 17.7. The van der Waals surface area contributed by atoms with Gasteiger partial charge in [-0.05, 0) is 44.5 Å². The van der Waals surface area contributed by atoms with E-state index in [9.17, 15) is 4.79 Å². The first-order valence-electron chi connectivity index (χ1n) is 8.22. The van der Waals surface area contributed by atoms with Gasteiger partial charge in [0.15, 0.2) is 0 Å². The number of hydrogen-bond acceptors (Lipinski definition) is 3. The van der Waals surface area contributed by atoms with Crippen LogP contribution in [0.5, 0.6) is 5.75 Å². The summed E-state index contributed by atoms with van der Waals surface area (Å²) in [6, 6.07) is 8.28. The predicted molar refractivity (Wildman–Crippen MR) is 96.5 cm³/mol. The van der Waals surface area contributed by atoms with Gasteiger partial charge < -0.3 is 15.4 Å². The second-order valence-corrected chi connectivity index (χ2v) is 6.27. The molecule has 1 fully saturated rings. The van der Waals surface area contributed by atoms with E-state index in [0.717, 1.165) is 37.0 Å². The minimum absolute atomic E-state index is 0. The van der Waals surface area contributed by atoms with Crippen LogP contribution in [0.15, 0.2) is 24.3 Å². The van der Waals surface area contributed by atoms with Crippen LogP contribution in [0.2, 0.25) is 0 Å². The molecule has 23 heavy (non-hydrogen) atoms. The van der Waals surface area contributed by atoms with Crippen LogP contribution in [0.3, 0.4) is 0 Å². The van der Waals surface area contributed by atoms with E-state index in [1.165, 1.54) is 6.42 Å². The Morgan fingerprint density at radius 3 is 2.35 bits per heavy atom. The van der Waals surface area contributed by atoms with E-state index in [2.05, 4.69) is 17.6 Å². The SMILES string of the molecule is CNC(C)CNC(=O)C1(c2ccc(OC)cc2)CCCCC1.Cl. The fraction of sp³-hybridized carbons (Fsp3) is 0.611. The van der Waals surface area contributed by atoms with Crippen LogP contribution in [-0.2, 0) is 10.2 Å². The highest BCUT2D eigenvalue weighted by Gasteiger charge is 2.40. The Morgan fingerprint density at radius 1 is 1.22 bits per heavy atom. The van der Waals surface area contributed by atoms with Gasteiger partial charge in [0.25, 0.3) is 0 Å². The largest absolute Gasteiger partial charge is 0.497 e. The van der Waals surface area contributed by atoms with Crippen molar-refractivity contribution in [1.29, 1.82) is 0 Å². The van der Waals surface area contributed by atoms with Gasteiger partial charge in [0.1, 0.15) is 5.75 Å². The molecule has 1 amide bonds. The van der Waals surface area contributed by atoms with Crippen molar-refractivity contribution in [3.05, 3.63) is 29.8 Å². The van der Waals surface area contributed by atoms with Crippen molar-refractivity contribution in [3.63, 3.8) is 0 Å². The van der Waals surface area contributed by atoms with Crippen LogP contribution in [0.4, 0.5) is 0 Å². The average molecular weight is 341 g/mol. The summed E-state index contributed by atoms with van der Waals surface area (Å²) < 4.78 is 5.23. The molecule has 1 aromatic rings. The van der Waals surface area contributed by atoms with Crippen LogP contribution in [0.1, 0.15) is 44.6 Å². The van der Waals surface area contributed by atoms with Crippen LogP contribution < -0.4 is 15.4 Å². The summed E-state index contributed by atoms with van der Waals surface area (Å²) in [7, 11) is 3.58. The number of ether oxygens (including phenoxy) is 1. The van der Waals surface area contributed by atoms with Gasteiger partial charge >= 0.3 is 0 Å². The van der Waals surface area contributed by atoms with Gasteiger partial charge in [-0.1, -0.05) is 31.4 Å². The van der Waals surface area contributed by atoms with E-state index >= 15 is 0 Å². The lowest BCUT2D eigenvalue weighted by molar-refractivity contribution is -0.128. The number of carbonyl (C=O) groups is 1. The molecule has 0 aromatic heterocycles. The molecular weight excluding hydrogens is 312 g/mol. The zero-order valence-corrected chi connectivity index (χ0v) is 15.2. The third-order valence-corrected chi connectivity index (χ3v) is 4.85. The number of hydrogen-bond donors (Lipinski definition) is 2. The average Bonchev–Trinajstić information content (AvgIpc) is 2.59. The minimum atomic E-state index is -0.377. The number of amides is 1. The van der Waals surface area contributed by atoms with Crippen molar-refractivity contribution >= 4 is 18.3 Å². The second-order valence-electron chi connectivity index (χ2n) is 6.27. The Morgan fingerprint density at radius 2 is 1.83 bits per heavy atom. The summed E-state index contributed by atoms with van der Waals surface area (Å²) in [5, 5.41) is 6.30. The maximum Gasteiger partial charge on any atom is 0.230 e. The zero-order chi connectivity index (χ0) is 16.0. The molecule has 0 bridgehead atoms. The van der Waals surface area contributed by atoms with E-state index in [4.69, 9.17) is 4.74 Å². The van der Waals surface area contributed by atoms with Gasteiger partial charge in [0, 0.05) is 12.6 Å². The molecule has 0 saturated heterocycles. The Hall–Kier alpha value is -1.26. The molecule has 4 nitrogen and oxygen atoms in total. The predicted octanol–water partition coefficient (Wildman–Crippen LogP) is 3.04. The summed E-state index contributed by atoms with van der Waals surface area (Å²) in [5.74, 6) is 0.999. The van der Waals surface area contributed by atoms with E-state index in [0.29, 0.717) is 6.54 Å². The zero-order valence-electron chi connectivity index (χ0n) is 14.4. The topological polar surface area (TPSA) is 50.4 Å². The molecule has 0 heterocycles. The van der Waals surface area contributed by atoms with Gasteiger partial charge in [-0.2, -0.15) is 0 Å². The van der Waals surface area contributed by atoms with Crippen LogP contribution >= 0.6 is 12.4 Å². The van der Waals surface area contributed by atoms with Crippen molar-refractivity contribution < 1.29 is 9.53 Å². The third-order valence-electron chi connectivity index (χ3n) is 4.85. The van der Waals surface area contributed by atoms with Gasteiger partial charge in [-0.15, -0.1) is 12.4 Å². The van der Waals surface area contributed by atoms with E-state index in [1.54, 1.807) is 7.11 Å². The number of carbonyl (C=O) groups excluding carboxylic acids is 1. The standard InChI is InChI=1S/C18H28N2O2.ClH/c1-14(19-2)13-20-17(21)18(11-5-4-6-12-18)15-7-9-16(22-3)10-8-15;/h7-10,14,19H,4-6,11-13H2,1-3H3,(H,20,21);1H. The molecule has 0 radical (unpaired) electrons. The third kappa shape index (κ3) is 4.61. The second kappa shape index (κ2) is 9.14. The molecule has 0 spiro atoms. The molecule has 1 aromatic carbocycles. The Balaban J connectivity index is 0.00000264. The van der Waals surface area contributed by atoms with E-state index in [1.807, 2.05) is 31.3 Å². The van der Waals surface area contributed by atoms with Crippen molar-refractivity contribution in [3.8, 4) is 5.75 Å². The Kier molecular flexibility index (Phi) is 7.86. The lowest BCUT2D eigenvalue weighted by Crippen LogP contribution is -2.48. The highest BCUT2D eigenvalue weighted by molar-refractivity contribution is 5.88. The molecule has 1 unspecified atom stereocenters. The number of rotatable bonds is 6. The maximum atomic E-state index is 12.9. The van der Waals surface area contributed by atoms with Crippen molar-refractivity contribution in [2.45, 2.75) is 50.5 Å². The van der Waals surface area contributed by atoms with Gasteiger partial charge in [0.2, 0.25) is 5.91 Å². The van der Waals surface area contributed by atoms with Crippen molar-refractivity contribution in [2.24, 2.45) is 0 Å². The van der Waals surface area contributed by atoms with E-state index in [-0.39, 0.29) is 29.8 Å². The summed E-state index contributed by atoms with van der Waals surface area (Å²) >= 11 is 0. The molecule has 1 aliphatic rings. The van der Waals surface area contributed by atoms with Crippen molar-refractivity contribution in [2.75, 3.05) is 20.7 Å². The molecular formula is C18H29ClN2O2. The minimum Gasteiger partial charge on any atom is -0.497 e. The van der Waals surface area contributed by atoms with Crippen LogP contribution in [0.25, 0.3) is 0 Å². The van der Waals surface area contributed by atoms with Gasteiger partial charge in [-0.25, -0.2) is 0 Å². The summed E-state index contributed by atoms with van der Waals surface area (Å²) in [6.45, 7) is 2.73. The maximum absolute atomic E-state index is 12.9. The van der Waals surface area contributed by atoms with Gasteiger partial charge in [0.05, 0.1) is 12.5 Å². The first-order valence-corrected chi connectivity index (χ1v) is 8.22. The molecule has 0 aliphatic heterocycles. The molecule has 2 N–H and O–H groups in total. The number of likely N-dealkylation sites (N-methyl/N-ethyl adjacent to an activating group) is 1. The molecule has 1 saturated carbocycles. The van der Waals surface area contributed by atoms with Crippen molar-refractivity contribution in [1.82, 2.24) is 10.6 Å². The first-order chi connectivity index (χ1) is 10.6. The fourth-order valence-electron chi connectivity index (χ4n) is 3.23. The molecule has 2 rings (SSSR count). The summed E-state index contributed by atoms with van der Waals surface area (Å²) in [5.41, 5.74) is 0.737. The molecule has 130 valence electrons. The van der Waals surface area contributed by atoms with Crippen LogP contribution in [0, 0.1) is 0 Å². The summed E-state index contributed by atoms with van der Waals surface area (Å²) in [6.07, 6.45) is 5.30. The van der Waals surface area contributed by atoms with Gasteiger partial charge in [-0.3, -0.25) is 4.79 Å². The number of methoxy groups -OCH3 is 1. The van der Waals surface area contributed by atoms with Crippen LogP contribution in [-0.4, -0.2) is 32.7 Å². The van der Waals surface area contributed by atoms with E-state index < -0.39 is 0 Å². The fourth-order valence-corrected chi connectivity index (χ4v) is 3.23. The summed E-state index contributed by atoms with van der Waals surface area (Å²) in [4.78, 5) is 12.9. The molecule has 1 aliphatic carbocycles. The first kappa shape index (κ1) is 19.8. The molecule has 1 atom stereocenters. The Labute approximate surface area is 145 Å². The highest BCUT2D eigenvalue weighted by atomic mass is 35.5. The highest BCUT2D eigenvalue weighted by Crippen LogP contribution is 2.40.